The van der Waals surface area contributed by atoms with Gasteiger partial charge in [-0.25, -0.2) is 4.98 Å². The van der Waals surface area contributed by atoms with Crippen molar-refractivity contribution in [3.8, 4) is 0 Å². The van der Waals surface area contributed by atoms with Gasteiger partial charge in [0.15, 0.2) is 0 Å². The van der Waals surface area contributed by atoms with Crippen LogP contribution in [0.15, 0.2) is 55.1 Å². The van der Waals surface area contributed by atoms with Gasteiger partial charge in [-0.3, -0.25) is 4.79 Å². The van der Waals surface area contributed by atoms with Gasteiger partial charge >= 0.3 is 0 Å². The molecule has 2 N–H and O–H groups in total. The average Bonchev–Trinajstić information content (AvgIpc) is 2.99. The highest BCUT2D eigenvalue weighted by molar-refractivity contribution is 5.95. The van der Waals surface area contributed by atoms with Crippen molar-refractivity contribution >= 4 is 11.4 Å². The minimum Gasteiger partial charge on any atom is -0.387 e. The summed E-state index contributed by atoms with van der Waals surface area (Å²) >= 11 is 0. The topological polar surface area (TPSA) is 66.6 Å². The summed E-state index contributed by atoms with van der Waals surface area (Å²) in [4.78, 5) is 16.2. The summed E-state index contributed by atoms with van der Waals surface area (Å²) in [5.74, 6) is -0.213. The second-order valence-corrected chi connectivity index (χ2v) is 5.28. The molecule has 1 amide bonds. The molecule has 0 saturated heterocycles. The zero-order valence-corrected chi connectivity index (χ0v) is 12.2. The number of fused-ring (bicyclic) bond motifs is 1. The van der Waals surface area contributed by atoms with Gasteiger partial charge < -0.3 is 14.8 Å². The number of amides is 1. The number of pyridine rings is 1. The molecular formula is C17H17N3O2. The Morgan fingerprint density at radius 1 is 1.36 bits per heavy atom. The smallest absolute Gasteiger partial charge is 0.251 e. The molecule has 0 aliphatic carbocycles. The number of nitrogens with zero attached hydrogens (tertiary/aromatic N) is 2. The first-order chi connectivity index (χ1) is 10.6. The van der Waals surface area contributed by atoms with Crippen molar-refractivity contribution in [2.45, 2.75) is 13.0 Å². The van der Waals surface area contributed by atoms with Crippen molar-refractivity contribution in [2.75, 3.05) is 6.54 Å². The lowest BCUT2D eigenvalue weighted by atomic mass is 10.1. The van der Waals surface area contributed by atoms with E-state index in [1.54, 1.807) is 30.9 Å². The van der Waals surface area contributed by atoms with Crippen molar-refractivity contribution in [1.82, 2.24) is 14.7 Å². The zero-order chi connectivity index (χ0) is 15.5. The number of benzene rings is 1. The molecule has 0 spiro atoms. The molecule has 3 aromatic rings. The highest BCUT2D eigenvalue weighted by Crippen LogP contribution is 2.14. The molecule has 3 rings (SSSR count). The van der Waals surface area contributed by atoms with Crippen LogP contribution in [0, 0.1) is 6.92 Å². The predicted molar refractivity (Wildman–Crippen MR) is 83.7 cm³/mol. The van der Waals surface area contributed by atoms with E-state index in [0.29, 0.717) is 5.56 Å². The summed E-state index contributed by atoms with van der Waals surface area (Å²) in [6.07, 6.45) is 4.44. The molecule has 1 aromatic carbocycles. The van der Waals surface area contributed by atoms with Crippen LogP contribution in [0.4, 0.5) is 0 Å². The van der Waals surface area contributed by atoms with Crippen LogP contribution in [0.2, 0.25) is 0 Å². The Balaban J connectivity index is 1.66. The maximum Gasteiger partial charge on any atom is 0.251 e. The Kier molecular flexibility index (Phi) is 3.89. The number of aryl methyl sites for hydroxylation is 1. The molecule has 0 fully saturated rings. The fourth-order valence-electron chi connectivity index (χ4n) is 2.35. The molecule has 2 heterocycles. The monoisotopic (exact) mass is 295 g/mol. The predicted octanol–water partition coefficient (Wildman–Crippen LogP) is 2.11. The van der Waals surface area contributed by atoms with E-state index < -0.39 is 6.10 Å². The molecule has 1 atom stereocenters. The molecule has 1 unspecified atom stereocenters. The summed E-state index contributed by atoms with van der Waals surface area (Å²) in [5, 5.41) is 12.9. The largest absolute Gasteiger partial charge is 0.387 e. The van der Waals surface area contributed by atoms with Gasteiger partial charge in [0.05, 0.1) is 24.1 Å². The molecule has 112 valence electrons. The molecule has 5 nitrogen and oxygen atoms in total. The number of hydrogen-bond acceptors (Lipinski definition) is 3. The second-order valence-electron chi connectivity index (χ2n) is 5.28. The van der Waals surface area contributed by atoms with Crippen LogP contribution >= 0.6 is 0 Å². The van der Waals surface area contributed by atoms with E-state index in [1.165, 1.54) is 0 Å². The van der Waals surface area contributed by atoms with Crippen LogP contribution in [0.3, 0.4) is 0 Å². The van der Waals surface area contributed by atoms with Crippen molar-refractivity contribution in [3.05, 3.63) is 71.8 Å². The number of nitrogens with one attached hydrogen (secondary N) is 1. The first-order valence-corrected chi connectivity index (χ1v) is 7.08. The number of carbonyl (C=O) groups is 1. The summed E-state index contributed by atoms with van der Waals surface area (Å²) in [7, 11) is 0. The van der Waals surface area contributed by atoms with Gasteiger partial charge in [-0.05, 0) is 24.6 Å². The Bertz CT molecular complexity index is 810. The summed E-state index contributed by atoms with van der Waals surface area (Å²) in [5.41, 5.74) is 3.27. The number of aliphatic hydroxyl groups is 1. The fourth-order valence-corrected chi connectivity index (χ4v) is 2.35. The van der Waals surface area contributed by atoms with E-state index in [9.17, 15) is 9.90 Å². The molecule has 0 aliphatic rings. The average molecular weight is 295 g/mol. The quantitative estimate of drug-likeness (QED) is 0.774. The maximum atomic E-state index is 12.2. The van der Waals surface area contributed by atoms with Gasteiger partial charge in [0.2, 0.25) is 0 Å². The first-order valence-electron chi connectivity index (χ1n) is 7.08. The third-order valence-corrected chi connectivity index (χ3v) is 3.56. The zero-order valence-electron chi connectivity index (χ0n) is 12.2. The first kappa shape index (κ1) is 14.3. The van der Waals surface area contributed by atoms with Crippen molar-refractivity contribution in [1.29, 1.82) is 0 Å². The normalized spacial score (nSPS) is 12.3. The van der Waals surface area contributed by atoms with Crippen molar-refractivity contribution in [3.63, 3.8) is 0 Å². The lowest BCUT2D eigenvalue weighted by molar-refractivity contribution is 0.0916. The number of carbonyl (C=O) groups excluding carboxylic acids is 1. The minimum absolute atomic E-state index is 0.173. The Morgan fingerprint density at radius 2 is 2.23 bits per heavy atom. The van der Waals surface area contributed by atoms with Gasteiger partial charge in [0, 0.05) is 18.3 Å². The Labute approximate surface area is 128 Å². The molecule has 0 aliphatic heterocycles. The molecular weight excluding hydrogens is 278 g/mol. The molecule has 0 radical (unpaired) electrons. The van der Waals surface area contributed by atoms with Gasteiger partial charge in [-0.1, -0.05) is 29.8 Å². The van der Waals surface area contributed by atoms with Gasteiger partial charge in [-0.2, -0.15) is 0 Å². The summed E-state index contributed by atoms with van der Waals surface area (Å²) < 4.78 is 1.83. The van der Waals surface area contributed by atoms with Gasteiger partial charge in [0.25, 0.3) is 5.91 Å². The third kappa shape index (κ3) is 2.99. The SMILES string of the molecule is Cc1cccc(C(O)CNC(=O)c2ccn3cncc3c2)c1. The minimum atomic E-state index is -0.720. The van der Waals surface area contributed by atoms with E-state index in [1.807, 2.05) is 35.6 Å². The maximum absolute atomic E-state index is 12.2. The number of rotatable bonds is 4. The van der Waals surface area contributed by atoms with E-state index in [2.05, 4.69) is 10.3 Å². The van der Waals surface area contributed by atoms with Crippen LogP contribution in [0.1, 0.15) is 27.6 Å². The fraction of sp³-hybridized carbons (Fsp3) is 0.176. The second kappa shape index (κ2) is 5.99. The van der Waals surface area contributed by atoms with E-state index in [-0.39, 0.29) is 12.5 Å². The van der Waals surface area contributed by atoms with Crippen LogP contribution in [0.25, 0.3) is 5.52 Å². The van der Waals surface area contributed by atoms with Crippen molar-refractivity contribution < 1.29 is 9.90 Å². The molecule has 2 aromatic heterocycles. The van der Waals surface area contributed by atoms with Gasteiger partial charge in [0.1, 0.15) is 0 Å². The van der Waals surface area contributed by atoms with Crippen LogP contribution in [-0.2, 0) is 0 Å². The highest BCUT2D eigenvalue weighted by Gasteiger charge is 2.11. The number of imidazole rings is 1. The molecule has 0 bridgehead atoms. The molecule has 0 saturated carbocycles. The number of aromatic nitrogens is 2. The van der Waals surface area contributed by atoms with Crippen LogP contribution < -0.4 is 5.32 Å². The summed E-state index contributed by atoms with van der Waals surface area (Å²) in [6, 6.07) is 11.1. The Hall–Kier alpha value is -2.66. The van der Waals surface area contributed by atoms with Gasteiger partial charge in [-0.15, -0.1) is 0 Å². The number of aliphatic hydroxyl groups excluding tert-OH is 1. The molecule has 22 heavy (non-hydrogen) atoms. The molecule has 5 heteroatoms. The third-order valence-electron chi connectivity index (χ3n) is 3.56. The Morgan fingerprint density at radius 3 is 3.05 bits per heavy atom. The van der Waals surface area contributed by atoms with Crippen LogP contribution in [-0.4, -0.2) is 26.9 Å². The van der Waals surface area contributed by atoms with E-state index >= 15 is 0 Å². The van der Waals surface area contributed by atoms with E-state index in [4.69, 9.17) is 0 Å². The number of hydrogen-bond donors (Lipinski definition) is 2. The summed E-state index contributed by atoms with van der Waals surface area (Å²) in [6.45, 7) is 2.14. The van der Waals surface area contributed by atoms with Crippen molar-refractivity contribution in [2.24, 2.45) is 0 Å². The highest BCUT2D eigenvalue weighted by atomic mass is 16.3. The van der Waals surface area contributed by atoms with Crippen LogP contribution in [0.5, 0.6) is 0 Å². The lowest BCUT2D eigenvalue weighted by Crippen LogP contribution is -2.28. The van der Waals surface area contributed by atoms with E-state index in [0.717, 1.165) is 16.6 Å². The standard InChI is InChI=1S/C17H17N3O2/c1-12-3-2-4-13(7-12)16(21)10-19-17(22)14-5-6-20-11-18-9-15(20)8-14/h2-9,11,16,21H,10H2,1H3,(H,19,22). The lowest BCUT2D eigenvalue weighted by Gasteiger charge is -2.13.